The fourth-order valence-corrected chi connectivity index (χ4v) is 3.11. The van der Waals surface area contributed by atoms with Gasteiger partial charge in [-0.3, -0.25) is 9.80 Å². The monoisotopic (exact) mass is 225 g/mol. The van der Waals surface area contributed by atoms with E-state index in [-0.39, 0.29) is 0 Å². The summed E-state index contributed by atoms with van der Waals surface area (Å²) in [5.41, 5.74) is 0. The standard InChI is InChI=1S/C13H27N3/c1-12(5-7-14-2)16-10-6-13(11-16)15-8-3-4-9-15/h12-14H,3-11H2,1-2H3. The number of likely N-dealkylation sites (tertiary alicyclic amines) is 2. The first-order valence-corrected chi connectivity index (χ1v) is 6.94. The van der Waals surface area contributed by atoms with Crippen molar-refractivity contribution in [3.05, 3.63) is 0 Å². The molecule has 2 aliphatic heterocycles. The van der Waals surface area contributed by atoms with Crippen molar-refractivity contribution in [1.82, 2.24) is 15.1 Å². The number of nitrogens with zero attached hydrogens (tertiary/aromatic N) is 2. The summed E-state index contributed by atoms with van der Waals surface area (Å²) < 4.78 is 0. The minimum atomic E-state index is 0.750. The average molecular weight is 225 g/mol. The summed E-state index contributed by atoms with van der Waals surface area (Å²) in [4.78, 5) is 5.39. The highest BCUT2D eigenvalue weighted by atomic mass is 15.3. The van der Waals surface area contributed by atoms with Crippen LogP contribution in [0.5, 0.6) is 0 Å². The molecule has 1 N–H and O–H groups in total. The molecule has 2 fully saturated rings. The molecule has 16 heavy (non-hydrogen) atoms. The molecular weight excluding hydrogens is 198 g/mol. The van der Waals surface area contributed by atoms with Gasteiger partial charge in [0.05, 0.1) is 0 Å². The van der Waals surface area contributed by atoms with Gasteiger partial charge in [-0.25, -0.2) is 0 Å². The van der Waals surface area contributed by atoms with Crippen LogP contribution in [0.25, 0.3) is 0 Å². The highest BCUT2D eigenvalue weighted by Gasteiger charge is 2.30. The van der Waals surface area contributed by atoms with Crippen LogP contribution >= 0.6 is 0 Å². The maximum absolute atomic E-state index is 3.25. The minimum absolute atomic E-state index is 0.750. The first-order valence-electron chi connectivity index (χ1n) is 6.94. The van der Waals surface area contributed by atoms with Gasteiger partial charge >= 0.3 is 0 Å². The first kappa shape index (κ1) is 12.3. The van der Waals surface area contributed by atoms with Crippen molar-refractivity contribution in [2.24, 2.45) is 0 Å². The van der Waals surface area contributed by atoms with E-state index in [0.29, 0.717) is 0 Å². The fraction of sp³-hybridized carbons (Fsp3) is 1.00. The van der Waals surface area contributed by atoms with Crippen molar-refractivity contribution in [2.45, 2.75) is 44.7 Å². The van der Waals surface area contributed by atoms with Crippen LogP contribution in [0.1, 0.15) is 32.6 Å². The highest BCUT2D eigenvalue weighted by molar-refractivity contribution is 4.87. The molecular formula is C13H27N3. The fourth-order valence-electron chi connectivity index (χ4n) is 3.11. The van der Waals surface area contributed by atoms with Crippen LogP contribution in [-0.2, 0) is 0 Å². The van der Waals surface area contributed by atoms with Gasteiger partial charge < -0.3 is 5.32 Å². The molecule has 2 saturated heterocycles. The molecule has 2 rings (SSSR count). The lowest BCUT2D eigenvalue weighted by Gasteiger charge is -2.27. The van der Waals surface area contributed by atoms with E-state index in [1.807, 2.05) is 7.05 Å². The smallest absolute Gasteiger partial charge is 0.0235 e. The van der Waals surface area contributed by atoms with Gasteiger partial charge in [-0.1, -0.05) is 0 Å². The Morgan fingerprint density at radius 3 is 2.69 bits per heavy atom. The van der Waals surface area contributed by atoms with Crippen molar-refractivity contribution in [2.75, 3.05) is 39.8 Å². The van der Waals surface area contributed by atoms with E-state index in [1.165, 1.54) is 51.9 Å². The molecule has 2 atom stereocenters. The predicted octanol–water partition coefficient (Wildman–Crippen LogP) is 1.15. The Morgan fingerprint density at radius 2 is 2.00 bits per heavy atom. The topological polar surface area (TPSA) is 18.5 Å². The van der Waals surface area contributed by atoms with E-state index in [0.717, 1.165) is 18.6 Å². The van der Waals surface area contributed by atoms with E-state index in [2.05, 4.69) is 22.0 Å². The number of hydrogen-bond donors (Lipinski definition) is 1. The lowest BCUT2D eigenvalue weighted by atomic mass is 10.2. The SMILES string of the molecule is CNCCC(C)N1CCC(N2CCCC2)C1. The zero-order chi connectivity index (χ0) is 11.4. The van der Waals surface area contributed by atoms with Gasteiger partial charge in [0.2, 0.25) is 0 Å². The summed E-state index contributed by atoms with van der Waals surface area (Å²) in [6.07, 6.45) is 5.52. The van der Waals surface area contributed by atoms with Gasteiger partial charge in [0.25, 0.3) is 0 Å². The van der Waals surface area contributed by atoms with Gasteiger partial charge in [-0.05, 0) is 59.3 Å². The summed E-state index contributed by atoms with van der Waals surface area (Å²) in [6, 6.07) is 1.61. The number of hydrogen-bond acceptors (Lipinski definition) is 3. The molecule has 2 unspecified atom stereocenters. The molecule has 0 aliphatic carbocycles. The first-order chi connectivity index (χ1) is 7.81. The van der Waals surface area contributed by atoms with E-state index in [4.69, 9.17) is 0 Å². The molecule has 0 radical (unpaired) electrons. The Hall–Kier alpha value is -0.120. The van der Waals surface area contributed by atoms with E-state index in [1.54, 1.807) is 0 Å². The van der Waals surface area contributed by atoms with Crippen molar-refractivity contribution < 1.29 is 0 Å². The zero-order valence-electron chi connectivity index (χ0n) is 10.9. The normalized spacial score (nSPS) is 30.0. The Balaban J connectivity index is 1.73. The average Bonchev–Trinajstić information content (AvgIpc) is 2.94. The maximum Gasteiger partial charge on any atom is 0.0235 e. The van der Waals surface area contributed by atoms with E-state index >= 15 is 0 Å². The summed E-state index contributed by atoms with van der Waals surface area (Å²) in [5, 5.41) is 3.25. The van der Waals surface area contributed by atoms with Crippen LogP contribution in [-0.4, -0.2) is 61.7 Å². The van der Waals surface area contributed by atoms with Crippen LogP contribution in [0.15, 0.2) is 0 Å². The molecule has 0 aromatic heterocycles. The van der Waals surface area contributed by atoms with Crippen LogP contribution in [0.4, 0.5) is 0 Å². The molecule has 2 heterocycles. The summed E-state index contributed by atoms with van der Waals surface area (Å²) in [7, 11) is 2.05. The molecule has 94 valence electrons. The zero-order valence-corrected chi connectivity index (χ0v) is 10.9. The second-order valence-corrected chi connectivity index (χ2v) is 5.42. The molecule has 0 bridgehead atoms. The van der Waals surface area contributed by atoms with Gasteiger partial charge in [-0.15, -0.1) is 0 Å². The Morgan fingerprint density at radius 1 is 1.25 bits per heavy atom. The molecule has 0 aromatic carbocycles. The summed E-state index contributed by atoms with van der Waals surface area (Å²) in [6.45, 7) is 8.85. The molecule has 0 saturated carbocycles. The lowest BCUT2D eigenvalue weighted by molar-refractivity contribution is 0.201. The van der Waals surface area contributed by atoms with Crippen molar-refractivity contribution in [3.8, 4) is 0 Å². The van der Waals surface area contributed by atoms with Crippen LogP contribution in [0.3, 0.4) is 0 Å². The maximum atomic E-state index is 3.25. The minimum Gasteiger partial charge on any atom is -0.320 e. The molecule has 0 amide bonds. The second-order valence-electron chi connectivity index (χ2n) is 5.42. The van der Waals surface area contributed by atoms with Crippen LogP contribution in [0, 0.1) is 0 Å². The van der Waals surface area contributed by atoms with E-state index in [9.17, 15) is 0 Å². The van der Waals surface area contributed by atoms with Crippen LogP contribution < -0.4 is 5.32 Å². The third-order valence-electron chi connectivity index (χ3n) is 4.29. The lowest BCUT2D eigenvalue weighted by Crippen LogP contribution is -2.38. The van der Waals surface area contributed by atoms with Gasteiger partial charge in [0.15, 0.2) is 0 Å². The van der Waals surface area contributed by atoms with Gasteiger partial charge in [0.1, 0.15) is 0 Å². The highest BCUT2D eigenvalue weighted by Crippen LogP contribution is 2.22. The summed E-state index contributed by atoms with van der Waals surface area (Å²) in [5.74, 6) is 0. The largest absolute Gasteiger partial charge is 0.320 e. The Labute approximate surface area is 100 Å². The molecule has 0 aromatic rings. The van der Waals surface area contributed by atoms with Gasteiger partial charge in [0, 0.05) is 25.2 Å². The number of rotatable bonds is 5. The third kappa shape index (κ3) is 2.96. The quantitative estimate of drug-likeness (QED) is 0.757. The molecule has 0 spiro atoms. The Bertz CT molecular complexity index is 201. The second kappa shape index (κ2) is 5.99. The van der Waals surface area contributed by atoms with Crippen molar-refractivity contribution in [1.29, 1.82) is 0 Å². The third-order valence-corrected chi connectivity index (χ3v) is 4.29. The number of nitrogens with one attached hydrogen (secondary N) is 1. The predicted molar refractivity (Wildman–Crippen MR) is 68.8 cm³/mol. The molecule has 3 nitrogen and oxygen atoms in total. The Kier molecular flexibility index (Phi) is 4.62. The van der Waals surface area contributed by atoms with Crippen molar-refractivity contribution in [3.63, 3.8) is 0 Å². The summed E-state index contributed by atoms with van der Waals surface area (Å²) >= 11 is 0. The van der Waals surface area contributed by atoms with Gasteiger partial charge in [-0.2, -0.15) is 0 Å². The molecule has 3 heteroatoms. The molecule has 2 aliphatic rings. The van der Waals surface area contributed by atoms with E-state index < -0.39 is 0 Å². The van der Waals surface area contributed by atoms with Crippen molar-refractivity contribution >= 4 is 0 Å². The van der Waals surface area contributed by atoms with Crippen LogP contribution in [0.2, 0.25) is 0 Å².